The lowest BCUT2D eigenvalue weighted by atomic mass is 10.1. The van der Waals surface area contributed by atoms with Crippen LogP contribution in [0.3, 0.4) is 0 Å². The Morgan fingerprint density at radius 1 is 1.19 bits per heavy atom. The molecule has 0 radical (unpaired) electrons. The fourth-order valence-corrected chi connectivity index (χ4v) is 1.92. The lowest BCUT2D eigenvalue weighted by Crippen LogP contribution is -1.93. The fourth-order valence-electron chi connectivity index (χ4n) is 1.60. The predicted octanol–water partition coefficient (Wildman–Crippen LogP) is 4.62. The topological polar surface area (TPSA) is 46.5 Å². The molecule has 0 aliphatic carbocycles. The van der Waals surface area contributed by atoms with Gasteiger partial charge in [-0.2, -0.15) is 0 Å². The Balaban J connectivity index is 2.42. The van der Waals surface area contributed by atoms with Crippen molar-refractivity contribution in [2.45, 2.75) is 0 Å². The van der Waals surface area contributed by atoms with Gasteiger partial charge in [0.2, 0.25) is 0 Å². The van der Waals surface area contributed by atoms with Crippen LogP contribution in [0.25, 0.3) is 6.08 Å². The summed E-state index contributed by atoms with van der Waals surface area (Å²) < 4.78 is 32.9. The molecule has 21 heavy (non-hydrogen) atoms. The van der Waals surface area contributed by atoms with Crippen LogP contribution in [0.5, 0.6) is 11.5 Å². The SMILES string of the molecule is O=C(O)/C=C/c1c(F)cccc1Oc1cc(F)ccc1Br. The lowest BCUT2D eigenvalue weighted by Gasteiger charge is -2.11. The maximum Gasteiger partial charge on any atom is 0.328 e. The summed E-state index contributed by atoms with van der Waals surface area (Å²) in [5, 5.41) is 8.62. The van der Waals surface area contributed by atoms with Crippen molar-refractivity contribution >= 4 is 28.0 Å². The van der Waals surface area contributed by atoms with Crippen molar-refractivity contribution in [2.75, 3.05) is 0 Å². The zero-order chi connectivity index (χ0) is 15.4. The highest BCUT2D eigenvalue weighted by atomic mass is 79.9. The van der Waals surface area contributed by atoms with Gasteiger partial charge in [0.05, 0.1) is 10.0 Å². The highest BCUT2D eigenvalue weighted by molar-refractivity contribution is 9.10. The first-order valence-electron chi connectivity index (χ1n) is 5.80. The zero-order valence-corrected chi connectivity index (χ0v) is 12.1. The summed E-state index contributed by atoms with van der Waals surface area (Å²) in [5.41, 5.74) is -0.0314. The van der Waals surface area contributed by atoms with Gasteiger partial charge in [0.1, 0.15) is 23.1 Å². The molecule has 6 heteroatoms. The van der Waals surface area contributed by atoms with Crippen LogP contribution in [0, 0.1) is 11.6 Å². The average molecular weight is 355 g/mol. The lowest BCUT2D eigenvalue weighted by molar-refractivity contribution is -0.131. The molecule has 0 amide bonds. The first-order valence-corrected chi connectivity index (χ1v) is 6.59. The normalized spacial score (nSPS) is 10.8. The number of benzene rings is 2. The van der Waals surface area contributed by atoms with Crippen LogP contribution in [-0.2, 0) is 4.79 Å². The summed E-state index contributed by atoms with van der Waals surface area (Å²) >= 11 is 3.20. The van der Waals surface area contributed by atoms with E-state index in [1.54, 1.807) is 0 Å². The number of ether oxygens (including phenoxy) is 1. The minimum Gasteiger partial charge on any atom is -0.478 e. The molecule has 0 spiro atoms. The first kappa shape index (κ1) is 15.2. The molecule has 2 aromatic rings. The van der Waals surface area contributed by atoms with Crippen LogP contribution in [0.1, 0.15) is 5.56 Å². The maximum atomic E-state index is 13.8. The third-order valence-corrected chi connectivity index (χ3v) is 3.17. The molecule has 0 bridgehead atoms. The van der Waals surface area contributed by atoms with E-state index in [0.717, 1.165) is 18.2 Å². The van der Waals surface area contributed by atoms with E-state index in [0.29, 0.717) is 4.47 Å². The van der Waals surface area contributed by atoms with E-state index in [9.17, 15) is 13.6 Å². The Labute approximate surface area is 127 Å². The van der Waals surface area contributed by atoms with E-state index in [2.05, 4.69) is 15.9 Å². The van der Waals surface area contributed by atoms with Crippen molar-refractivity contribution in [2.24, 2.45) is 0 Å². The maximum absolute atomic E-state index is 13.8. The molecule has 0 heterocycles. The second-order valence-corrected chi connectivity index (χ2v) is 4.85. The summed E-state index contributed by atoms with van der Waals surface area (Å²) in [6, 6.07) is 7.89. The number of aliphatic carboxylic acids is 1. The second-order valence-electron chi connectivity index (χ2n) is 4.00. The molecule has 1 N–H and O–H groups in total. The number of rotatable bonds is 4. The molecule has 0 atom stereocenters. The summed E-state index contributed by atoms with van der Waals surface area (Å²) in [6.45, 7) is 0. The highest BCUT2D eigenvalue weighted by Gasteiger charge is 2.11. The Kier molecular flexibility index (Phi) is 4.70. The van der Waals surface area contributed by atoms with Gasteiger partial charge in [-0.3, -0.25) is 0 Å². The Bertz CT molecular complexity index is 714. The van der Waals surface area contributed by atoms with Gasteiger partial charge in [0.15, 0.2) is 0 Å². The van der Waals surface area contributed by atoms with Gasteiger partial charge in [-0.15, -0.1) is 0 Å². The molecule has 2 rings (SSSR count). The van der Waals surface area contributed by atoms with E-state index in [1.807, 2.05) is 0 Å². The molecule has 3 nitrogen and oxygen atoms in total. The largest absolute Gasteiger partial charge is 0.478 e. The van der Waals surface area contributed by atoms with Crippen LogP contribution in [0.15, 0.2) is 46.9 Å². The molecule has 0 saturated heterocycles. The van der Waals surface area contributed by atoms with Crippen LogP contribution >= 0.6 is 15.9 Å². The highest BCUT2D eigenvalue weighted by Crippen LogP contribution is 2.33. The van der Waals surface area contributed by atoms with E-state index in [-0.39, 0.29) is 17.1 Å². The molecule has 0 aliphatic heterocycles. The summed E-state index contributed by atoms with van der Waals surface area (Å²) in [5.74, 6) is -2.12. The third kappa shape index (κ3) is 3.88. The Morgan fingerprint density at radius 3 is 2.67 bits per heavy atom. The van der Waals surface area contributed by atoms with Gasteiger partial charge in [-0.1, -0.05) is 6.07 Å². The van der Waals surface area contributed by atoms with E-state index < -0.39 is 17.6 Å². The molecule has 0 fully saturated rings. The quantitative estimate of drug-likeness (QED) is 0.815. The molecule has 0 unspecified atom stereocenters. The molecule has 0 aromatic heterocycles. The minimum absolute atomic E-state index is 0.0314. The minimum atomic E-state index is -1.21. The predicted molar refractivity (Wildman–Crippen MR) is 77.2 cm³/mol. The van der Waals surface area contributed by atoms with E-state index in [1.165, 1.54) is 30.3 Å². The zero-order valence-electron chi connectivity index (χ0n) is 10.5. The van der Waals surface area contributed by atoms with Crippen molar-refractivity contribution < 1.29 is 23.4 Å². The fraction of sp³-hybridized carbons (Fsp3) is 0. The monoisotopic (exact) mass is 354 g/mol. The first-order chi connectivity index (χ1) is 9.97. The van der Waals surface area contributed by atoms with Crippen molar-refractivity contribution in [3.63, 3.8) is 0 Å². The number of hydrogen-bond acceptors (Lipinski definition) is 2. The summed E-state index contributed by atoms with van der Waals surface area (Å²) in [7, 11) is 0. The van der Waals surface area contributed by atoms with Crippen molar-refractivity contribution in [3.05, 3.63) is 64.1 Å². The third-order valence-electron chi connectivity index (χ3n) is 2.52. The van der Waals surface area contributed by atoms with Crippen LogP contribution in [-0.4, -0.2) is 11.1 Å². The van der Waals surface area contributed by atoms with Gasteiger partial charge in [-0.25, -0.2) is 13.6 Å². The number of carbonyl (C=O) groups is 1. The van der Waals surface area contributed by atoms with Gasteiger partial charge < -0.3 is 9.84 Å². The Hall–Kier alpha value is -2.21. The average Bonchev–Trinajstić information content (AvgIpc) is 2.42. The van der Waals surface area contributed by atoms with Crippen LogP contribution in [0.4, 0.5) is 8.78 Å². The molecule has 0 aliphatic rings. The van der Waals surface area contributed by atoms with Gasteiger partial charge in [-0.05, 0) is 46.3 Å². The number of carboxylic acids is 1. The Morgan fingerprint density at radius 2 is 1.95 bits per heavy atom. The van der Waals surface area contributed by atoms with Crippen LogP contribution in [0.2, 0.25) is 0 Å². The van der Waals surface area contributed by atoms with Gasteiger partial charge in [0, 0.05) is 12.1 Å². The van der Waals surface area contributed by atoms with Gasteiger partial charge in [0.25, 0.3) is 0 Å². The molecule has 108 valence electrons. The number of hydrogen-bond donors (Lipinski definition) is 1. The molecular weight excluding hydrogens is 346 g/mol. The number of halogens is 3. The van der Waals surface area contributed by atoms with Crippen molar-refractivity contribution in [1.29, 1.82) is 0 Å². The standard InChI is InChI=1S/C15H9BrF2O3/c16-11-6-4-9(17)8-14(11)21-13-3-1-2-12(18)10(13)5-7-15(19)20/h1-8H,(H,19,20)/b7-5+. The van der Waals surface area contributed by atoms with Crippen molar-refractivity contribution in [3.8, 4) is 11.5 Å². The summed E-state index contributed by atoms with van der Waals surface area (Å²) in [6.07, 6.45) is 1.88. The smallest absolute Gasteiger partial charge is 0.328 e. The van der Waals surface area contributed by atoms with E-state index in [4.69, 9.17) is 9.84 Å². The molecule has 2 aromatic carbocycles. The number of carboxylic acid groups (broad SMARTS) is 1. The van der Waals surface area contributed by atoms with E-state index >= 15 is 0 Å². The second kappa shape index (κ2) is 6.49. The van der Waals surface area contributed by atoms with Gasteiger partial charge >= 0.3 is 5.97 Å². The molecular formula is C15H9BrF2O3. The van der Waals surface area contributed by atoms with Crippen molar-refractivity contribution in [1.82, 2.24) is 0 Å². The summed E-state index contributed by atoms with van der Waals surface area (Å²) in [4.78, 5) is 10.5. The molecule has 0 saturated carbocycles. The van der Waals surface area contributed by atoms with Crippen LogP contribution < -0.4 is 4.74 Å².